The lowest BCUT2D eigenvalue weighted by molar-refractivity contribution is -0.137. The zero-order chi connectivity index (χ0) is 22.3. The standard InChI is InChI=1S/C22H23Cl2F3N4/c1-3-13(4-2)15-7-8-16(23)18-19(15)30-9-5-6-10-31(21(30)29-18)20-17(24)11-14(12-28-20)22(25,26)27/h7-8,11-13H,3-6,9-10H2,1-2H3. The zero-order valence-corrected chi connectivity index (χ0v) is 18.8. The monoisotopic (exact) mass is 470 g/mol. The number of aryl methyl sites for hydroxylation is 1. The van der Waals surface area contributed by atoms with Gasteiger partial charge in [0.05, 0.1) is 21.1 Å². The van der Waals surface area contributed by atoms with Gasteiger partial charge in [-0.2, -0.15) is 13.2 Å². The van der Waals surface area contributed by atoms with E-state index in [0.717, 1.165) is 50.0 Å². The predicted molar refractivity (Wildman–Crippen MR) is 119 cm³/mol. The minimum absolute atomic E-state index is 0.0540. The van der Waals surface area contributed by atoms with E-state index in [2.05, 4.69) is 29.5 Å². The fraction of sp³-hybridized carbons (Fsp3) is 0.455. The van der Waals surface area contributed by atoms with Gasteiger partial charge in [0.2, 0.25) is 5.95 Å². The van der Waals surface area contributed by atoms with Crippen LogP contribution in [0.1, 0.15) is 56.6 Å². The number of hydrogen-bond acceptors (Lipinski definition) is 3. The third kappa shape index (κ3) is 3.98. The van der Waals surface area contributed by atoms with Crippen molar-refractivity contribution in [2.24, 2.45) is 0 Å². The molecule has 0 spiro atoms. The van der Waals surface area contributed by atoms with E-state index in [1.54, 1.807) is 0 Å². The Morgan fingerprint density at radius 1 is 1.06 bits per heavy atom. The fourth-order valence-electron chi connectivity index (χ4n) is 4.32. The van der Waals surface area contributed by atoms with Crippen molar-refractivity contribution in [1.82, 2.24) is 14.5 Å². The van der Waals surface area contributed by atoms with Crippen LogP contribution in [0.3, 0.4) is 0 Å². The molecule has 0 N–H and O–H groups in total. The van der Waals surface area contributed by atoms with Gasteiger partial charge in [-0.25, -0.2) is 9.97 Å². The van der Waals surface area contributed by atoms with Crippen molar-refractivity contribution < 1.29 is 13.2 Å². The van der Waals surface area contributed by atoms with Crippen molar-refractivity contribution >= 4 is 46.0 Å². The van der Waals surface area contributed by atoms with Gasteiger partial charge in [0.15, 0.2) is 5.82 Å². The minimum Gasteiger partial charge on any atom is -0.309 e. The molecule has 2 aromatic heterocycles. The lowest BCUT2D eigenvalue weighted by Crippen LogP contribution is -2.22. The Morgan fingerprint density at radius 3 is 2.42 bits per heavy atom. The van der Waals surface area contributed by atoms with Gasteiger partial charge in [-0.1, -0.05) is 43.1 Å². The van der Waals surface area contributed by atoms with Crippen LogP contribution in [0, 0.1) is 0 Å². The number of rotatable bonds is 4. The molecule has 0 bridgehead atoms. The smallest absolute Gasteiger partial charge is 0.309 e. The molecular weight excluding hydrogens is 448 g/mol. The van der Waals surface area contributed by atoms with Crippen LogP contribution in [0.25, 0.3) is 11.0 Å². The van der Waals surface area contributed by atoms with Crippen molar-refractivity contribution in [3.8, 4) is 0 Å². The van der Waals surface area contributed by atoms with Crippen LogP contribution in [0.2, 0.25) is 10.0 Å². The fourth-order valence-corrected chi connectivity index (χ4v) is 4.78. The highest BCUT2D eigenvalue weighted by Gasteiger charge is 2.33. The van der Waals surface area contributed by atoms with Gasteiger partial charge in [-0.3, -0.25) is 4.90 Å². The second kappa shape index (κ2) is 8.51. The highest BCUT2D eigenvalue weighted by atomic mass is 35.5. The summed E-state index contributed by atoms with van der Waals surface area (Å²) in [6.07, 6.45) is 0.0426. The van der Waals surface area contributed by atoms with Crippen LogP contribution in [0.5, 0.6) is 0 Å². The van der Waals surface area contributed by atoms with Gasteiger partial charge in [-0.05, 0) is 49.3 Å². The molecule has 3 aromatic rings. The van der Waals surface area contributed by atoms with E-state index in [1.165, 1.54) is 5.56 Å². The molecule has 0 unspecified atom stereocenters. The van der Waals surface area contributed by atoms with E-state index in [9.17, 15) is 13.2 Å². The highest BCUT2D eigenvalue weighted by molar-refractivity contribution is 6.35. The quantitative estimate of drug-likeness (QED) is 0.393. The molecule has 0 saturated carbocycles. The molecule has 0 radical (unpaired) electrons. The normalized spacial score (nSPS) is 14.9. The summed E-state index contributed by atoms with van der Waals surface area (Å²) < 4.78 is 41.3. The molecule has 4 nitrogen and oxygen atoms in total. The number of nitrogens with zero attached hydrogens (tertiary/aromatic N) is 4. The van der Waals surface area contributed by atoms with Crippen LogP contribution in [-0.2, 0) is 12.7 Å². The first-order chi connectivity index (χ1) is 14.8. The van der Waals surface area contributed by atoms with Crippen molar-refractivity contribution in [3.63, 3.8) is 0 Å². The Labute approximate surface area is 189 Å². The predicted octanol–water partition coefficient (Wildman–Crippen LogP) is 7.59. The average molecular weight is 471 g/mol. The number of fused-ring (bicyclic) bond motifs is 3. The summed E-state index contributed by atoms with van der Waals surface area (Å²) in [5.74, 6) is 1.25. The molecule has 1 aliphatic heterocycles. The van der Waals surface area contributed by atoms with Crippen LogP contribution < -0.4 is 4.90 Å². The molecule has 1 aromatic carbocycles. The first-order valence-corrected chi connectivity index (χ1v) is 11.2. The Morgan fingerprint density at radius 2 is 1.77 bits per heavy atom. The number of imidazole rings is 1. The summed E-state index contributed by atoms with van der Waals surface area (Å²) in [6.45, 7) is 5.62. The van der Waals surface area contributed by atoms with E-state index < -0.39 is 11.7 Å². The molecule has 3 heterocycles. The Balaban J connectivity index is 1.91. The number of benzene rings is 1. The summed E-state index contributed by atoms with van der Waals surface area (Å²) in [7, 11) is 0. The molecule has 0 saturated heterocycles. The third-order valence-corrected chi connectivity index (χ3v) is 6.52. The summed E-state index contributed by atoms with van der Waals surface area (Å²) in [5, 5.41) is 0.498. The van der Waals surface area contributed by atoms with Gasteiger partial charge in [0.25, 0.3) is 0 Å². The van der Waals surface area contributed by atoms with Gasteiger partial charge in [0.1, 0.15) is 5.52 Å². The summed E-state index contributed by atoms with van der Waals surface area (Å²) in [5.41, 5.74) is 2.02. The first kappa shape index (κ1) is 22.2. The van der Waals surface area contributed by atoms with Gasteiger partial charge < -0.3 is 4.57 Å². The van der Waals surface area contributed by atoms with Crippen molar-refractivity contribution in [3.05, 3.63) is 45.6 Å². The molecule has 4 rings (SSSR count). The van der Waals surface area contributed by atoms with Gasteiger partial charge in [0, 0.05) is 19.3 Å². The SMILES string of the molecule is CCC(CC)c1ccc(Cl)c2nc3n(c12)CCCCN3c1ncc(C(F)(F)F)cc1Cl. The highest BCUT2D eigenvalue weighted by Crippen LogP contribution is 2.41. The van der Waals surface area contributed by atoms with E-state index in [1.807, 2.05) is 11.0 Å². The van der Waals surface area contributed by atoms with E-state index in [4.69, 9.17) is 28.2 Å². The molecule has 0 aliphatic carbocycles. The van der Waals surface area contributed by atoms with Crippen molar-refractivity contribution in [2.75, 3.05) is 11.4 Å². The number of pyridine rings is 1. The van der Waals surface area contributed by atoms with Gasteiger partial charge in [-0.15, -0.1) is 0 Å². The summed E-state index contributed by atoms with van der Waals surface area (Å²) in [6, 6.07) is 4.86. The number of halogens is 5. The molecule has 0 fully saturated rings. The zero-order valence-electron chi connectivity index (χ0n) is 17.3. The Kier molecular flexibility index (Phi) is 6.10. The third-order valence-electron chi connectivity index (χ3n) is 5.94. The topological polar surface area (TPSA) is 34.0 Å². The number of hydrogen-bond donors (Lipinski definition) is 0. The molecular formula is C22H23Cl2F3N4. The second-order valence-electron chi connectivity index (χ2n) is 7.80. The number of alkyl halides is 3. The minimum atomic E-state index is -4.50. The number of anilines is 2. The molecule has 31 heavy (non-hydrogen) atoms. The maximum absolute atomic E-state index is 13.1. The Bertz CT molecular complexity index is 1110. The summed E-state index contributed by atoms with van der Waals surface area (Å²) >= 11 is 12.8. The van der Waals surface area contributed by atoms with Crippen LogP contribution in [0.4, 0.5) is 24.9 Å². The maximum Gasteiger partial charge on any atom is 0.417 e. The van der Waals surface area contributed by atoms with Crippen molar-refractivity contribution in [2.45, 2.75) is 58.2 Å². The van der Waals surface area contributed by atoms with E-state index in [0.29, 0.717) is 29.0 Å². The van der Waals surface area contributed by atoms with Crippen molar-refractivity contribution in [1.29, 1.82) is 0 Å². The lowest BCUT2D eigenvalue weighted by atomic mass is 9.93. The second-order valence-corrected chi connectivity index (χ2v) is 8.61. The molecule has 0 amide bonds. The average Bonchev–Trinajstić information content (AvgIpc) is 2.98. The Hall–Kier alpha value is -1.99. The molecule has 9 heteroatoms. The number of aromatic nitrogens is 3. The maximum atomic E-state index is 13.1. The van der Waals surface area contributed by atoms with E-state index in [-0.39, 0.29) is 10.8 Å². The molecule has 1 aliphatic rings. The van der Waals surface area contributed by atoms with Crippen LogP contribution in [-0.4, -0.2) is 21.1 Å². The van der Waals surface area contributed by atoms with E-state index >= 15 is 0 Å². The van der Waals surface area contributed by atoms with Crippen LogP contribution in [0.15, 0.2) is 24.4 Å². The lowest BCUT2D eigenvalue weighted by Gasteiger charge is -2.23. The summed E-state index contributed by atoms with van der Waals surface area (Å²) in [4.78, 5) is 10.7. The molecule has 166 valence electrons. The van der Waals surface area contributed by atoms with Gasteiger partial charge >= 0.3 is 6.18 Å². The molecule has 0 atom stereocenters. The first-order valence-electron chi connectivity index (χ1n) is 10.4. The van der Waals surface area contributed by atoms with Crippen LogP contribution >= 0.6 is 23.2 Å². The largest absolute Gasteiger partial charge is 0.417 e.